The molecule has 0 rings (SSSR count). The summed E-state index contributed by atoms with van der Waals surface area (Å²) in [6, 6.07) is 0. The lowest BCUT2D eigenvalue weighted by Crippen LogP contribution is -2.27. The average molecular weight is 1180 g/mol. The van der Waals surface area contributed by atoms with Gasteiger partial charge in [-0.15, -0.1) is 0 Å². The molecule has 0 aromatic carbocycles. The molecule has 0 aliphatic rings. The molecule has 0 fully saturated rings. The van der Waals surface area contributed by atoms with Gasteiger partial charge in [0.2, 0.25) is 0 Å². The molecule has 0 atom stereocenters. The van der Waals surface area contributed by atoms with Crippen molar-refractivity contribution in [1.29, 1.82) is 0 Å². The van der Waals surface area contributed by atoms with E-state index >= 15 is 0 Å². The zero-order valence-electron chi connectivity index (χ0n) is 54.7. The van der Waals surface area contributed by atoms with Crippen LogP contribution < -0.4 is 0 Å². The summed E-state index contributed by atoms with van der Waals surface area (Å²) in [7, 11) is -16.2. The number of rotatable bonds is 49. The van der Waals surface area contributed by atoms with Gasteiger partial charge in [-0.3, -0.25) is 0 Å². The Labute approximate surface area is 487 Å². The van der Waals surface area contributed by atoms with E-state index in [1.165, 1.54) is 291 Å². The molecule has 480 valence electrons. The van der Waals surface area contributed by atoms with Gasteiger partial charge in [-0.1, -0.05) is 200 Å². The van der Waals surface area contributed by atoms with Crippen LogP contribution in [0.5, 0.6) is 0 Å². The first-order chi connectivity index (χ1) is 37.1. The standard InChI is InChI=1S/5C12H27N.H5O10P3/c5*1-4-7-10-13(11-8-5-2)12-9-6-3;1-11(2,3)9-13(7,8)10-12(4,5)6/h5*4-12H2,1-3H3;(H,7,8)(H2,1,2,3)(H2,4,5,6). The van der Waals surface area contributed by atoms with Gasteiger partial charge in [0.15, 0.2) is 0 Å². The Morgan fingerprint density at radius 3 is 0.372 bits per heavy atom. The second-order valence-corrected chi connectivity index (χ2v) is 25.3. The first kappa shape index (κ1) is 89.4. The van der Waals surface area contributed by atoms with E-state index in [4.69, 9.17) is 24.5 Å². The van der Waals surface area contributed by atoms with Crippen molar-refractivity contribution in [2.45, 2.75) is 296 Å². The lowest BCUT2D eigenvalue weighted by atomic mass is 10.2. The minimum atomic E-state index is -5.46. The highest BCUT2D eigenvalue weighted by molar-refractivity contribution is 7.66. The Kier molecular flexibility index (Phi) is 79.9. The molecule has 78 heavy (non-hydrogen) atoms. The highest BCUT2D eigenvalue weighted by Crippen LogP contribution is 2.64. The van der Waals surface area contributed by atoms with Gasteiger partial charge < -0.3 is 49.0 Å². The summed E-state index contributed by atoms with van der Waals surface area (Å²) in [4.78, 5) is 53.4. The number of hydrogen-bond donors (Lipinski definition) is 5. The van der Waals surface area contributed by atoms with Crippen molar-refractivity contribution in [3.8, 4) is 0 Å². The molecule has 0 aromatic rings. The Morgan fingerprint density at radius 1 is 0.218 bits per heavy atom. The van der Waals surface area contributed by atoms with Crippen LogP contribution in [0.25, 0.3) is 0 Å². The quantitative estimate of drug-likeness (QED) is 0.0362. The number of nitrogens with zero attached hydrogens (tertiary/aromatic N) is 5. The molecule has 0 aromatic heterocycles. The van der Waals surface area contributed by atoms with E-state index in [0.717, 1.165) is 0 Å². The van der Waals surface area contributed by atoms with Crippen LogP contribution in [0.3, 0.4) is 0 Å². The normalized spacial score (nSPS) is 11.7. The first-order valence-electron chi connectivity index (χ1n) is 32.6. The van der Waals surface area contributed by atoms with Gasteiger partial charge >= 0.3 is 23.5 Å². The van der Waals surface area contributed by atoms with Crippen molar-refractivity contribution in [2.75, 3.05) is 98.2 Å². The molecule has 0 spiro atoms. The molecular weight excluding hydrogens is 1040 g/mol. The zero-order valence-corrected chi connectivity index (χ0v) is 57.4. The van der Waals surface area contributed by atoms with Crippen LogP contribution >= 0.6 is 23.5 Å². The Hall–Kier alpha value is 0.210. The Morgan fingerprint density at radius 2 is 0.308 bits per heavy atom. The van der Waals surface area contributed by atoms with Crippen LogP contribution in [0.4, 0.5) is 0 Å². The van der Waals surface area contributed by atoms with Gasteiger partial charge in [0.25, 0.3) is 0 Å². The molecule has 0 aliphatic carbocycles. The fourth-order valence-electron chi connectivity index (χ4n) is 7.69. The predicted octanol–water partition coefficient (Wildman–Crippen LogP) is 17.7. The summed E-state index contributed by atoms with van der Waals surface area (Å²) in [5.41, 5.74) is 0. The molecule has 0 bridgehead atoms. The summed E-state index contributed by atoms with van der Waals surface area (Å²) < 4.78 is 36.4. The van der Waals surface area contributed by atoms with Gasteiger partial charge in [0.1, 0.15) is 0 Å². The largest absolute Gasteiger partial charge is 0.490 e. The molecule has 15 nitrogen and oxygen atoms in total. The third-order valence-corrected chi connectivity index (χ3v) is 16.2. The van der Waals surface area contributed by atoms with Crippen molar-refractivity contribution in [2.24, 2.45) is 0 Å². The summed E-state index contributed by atoms with van der Waals surface area (Å²) >= 11 is 0. The SMILES string of the molecule is CCCCN(CCCC)CCCC.CCCCN(CCCC)CCCC.CCCCN(CCCC)CCCC.CCCCN(CCCC)CCCC.CCCCN(CCCC)CCCC.O=P(O)(O)OP(=O)(O)OP(=O)(O)O. The van der Waals surface area contributed by atoms with Crippen LogP contribution in [0, 0.1) is 0 Å². The van der Waals surface area contributed by atoms with E-state index in [-0.39, 0.29) is 0 Å². The van der Waals surface area contributed by atoms with Gasteiger partial charge in [-0.25, -0.2) is 13.7 Å². The molecule has 0 saturated carbocycles. The monoisotopic (exact) mass is 1180 g/mol. The third kappa shape index (κ3) is 82.7. The lowest BCUT2D eigenvalue weighted by Gasteiger charge is -2.21. The van der Waals surface area contributed by atoms with Crippen molar-refractivity contribution in [3.63, 3.8) is 0 Å². The smallest absolute Gasteiger partial charge is 0.303 e. The van der Waals surface area contributed by atoms with Crippen LogP contribution in [0.15, 0.2) is 0 Å². The van der Waals surface area contributed by atoms with E-state index < -0.39 is 23.5 Å². The average Bonchev–Trinajstić information content (AvgIpc) is 3.39. The van der Waals surface area contributed by atoms with E-state index in [2.05, 4.69) is 137 Å². The summed E-state index contributed by atoms with van der Waals surface area (Å²) in [6.07, 6.45) is 40.4. The van der Waals surface area contributed by atoms with Gasteiger partial charge in [-0.05, 0) is 194 Å². The highest BCUT2D eigenvalue weighted by Gasteiger charge is 2.38. The molecule has 0 heterocycles. The number of unbranched alkanes of at least 4 members (excludes halogenated alkanes) is 15. The third-order valence-electron chi connectivity index (χ3n) is 12.8. The topological polar surface area (TPSA) is 187 Å². The first-order valence-corrected chi connectivity index (χ1v) is 37.2. The number of hydrogen-bond acceptors (Lipinski definition) is 10. The van der Waals surface area contributed by atoms with Gasteiger partial charge in [-0.2, -0.15) is 8.62 Å². The van der Waals surface area contributed by atoms with E-state index in [1.807, 2.05) is 0 Å². The molecule has 0 unspecified atom stereocenters. The minimum Gasteiger partial charge on any atom is -0.303 e. The van der Waals surface area contributed by atoms with Crippen molar-refractivity contribution in [1.82, 2.24) is 24.5 Å². The lowest BCUT2D eigenvalue weighted by molar-refractivity contribution is 0.204. The molecule has 18 heteroatoms. The number of phosphoric acid groups is 3. The van der Waals surface area contributed by atoms with Gasteiger partial charge in [0.05, 0.1) is 0 Å². The molecule has 0 amide bonds. The maximum Gasteiger partial charge on any atom is 0.490 e. The van der Waals surface area contributed by atoms with Crippen molar-refractivity contribution < 1.29 is 46.8 Å². The second-order valence-electron chi connectivity index (χ2n) is 21.1. The minimum absolute atomic E-state index is 1.32. The maximum atomic E-state index is 10.4. The van der Waals surface area contributed by atoms with E-state index in [0.29, 0.717) is 0 Å². The second kappa shape index (κ2) is 69.7. The fourth-order valence-corrected chi connectivity index (χ4v) is 10.2. The van der Waals surface area contributed by atoms with Crippen molar-refractivity contribution >= 4 is 23.5 Å². The van der Waals surface area contributed by atoms with E-state index in [9.17, 15) is 13.7 Å². The molecule has 0 saturated heterocycles. The molecule has 0 radical (unpaired) electrons. The van der Waals surface area contributed by atoms with Gasteiger partial charge in [0, 0.05) is 0 Å². The van der Waals surface area contributed by atoms with Crippen LogP contribution in [-0.4, -0.2) is 147 Å². The Bertz CT molecular complexity index is 994. The Balaban J connectivity index is -0.000000199. The van der Waals surface area contributed by atoms with E-state index in [1.54, 1.807) is 0 Å². The van der Waals surface area contributed by atoms with Crippen LogP contribution in [0.2, 0.25) is 0 Å². The summed E-state index contributed by atoms with van der Waals surface area (Å²) in [5, 5.41) is 0. The fraction of sp³-hybridized carbons (Fsp3) is 1.00. The van der Waals surface area contributed by atoms with Crippen LogP contribution in [0.1, 0.15) is 296 Å². The summed E-state index contributed by atoms with van der Waals surface area (Å²) in [6.45, 7) is 53.9. The molecular formula is C60H140N5O10P3. The zero-order chi connectivity index (χ0) is 60.6. The molecule has 5 N–H and O–H groups in total. The predicted molar refractivity (Wildman–Crippen MR) is 342 cm³/mol. The van der Waals surface area contributed by atoms with Crippen LogP contribution in [-0.2, 0) is 22.3 Å². The maximum absolute atomic E-state index is 10.4. The summed E-state index contributed by atoms with van der Waals surface area (Å²) in [5.74, 6) is 0. The van der Waals surface area contributed by atoms with Crippen molar-refractivity contribution in [3.05, 3.63) is 0 Å². The molecule has 0 aliphatic heterocycles. The highest BCUT2D eigenvalue weighted by atomic mass is 31.3.